The predicted molar refractivity (Wildman–Crippen MR) is 81.9 cm³/mol. The Bertz CT molecular complexity index is 408. The number of amides is 1. The van der Waals surface area contributed by atoms with Gasteiger partial charge in [-0.1, -0.05) is 43.6 Å². The van der Waals surface area contributed by atoms with Crippen LogP contribution in [0.5, 0.6) is 0 Å². The summed E-state index contributed by atoms with van der Waals surface area (Å²) in [6, 6.07) is 7.41. The molecule has 0 fully saturated rings. The summed E-state index contributed by atoms with van der Waals surface area (Å²) in [5, 5.41) is 3.60. The number of alkyl halides is 1. The molecule has 0 aromatic heterocycles. The second-order valence-corrected chi connectivity index (χ2v) is 5.56. The Balaban J connectivity index is 2.55. The molecule has 106 valence electrons. The second kappa shape index (κ2) is 7.76. The summed E-state index contributed by atoms with van der Waals surface area (Å²) < 4.78 is 0. The lowest BCUT2D eigenvalue weighted by atomic mass is 9.84. The molecule has 0 aliphatic rings. The quantitative estimate of drug-likeness (QED) is 0.757. The minimum absolute atomic E-state index is 0.00228. The third-order valence-electron chi connectivity index (χ3n) is 3.75. The van der Waals surface area contributed by atoms with E-state index < -0.39 is 0 Å². The van der Waals surface area contributed by atoms with Crippen LogP contribution < -0.4 is 5.32 Å². The van der Waals surface area contributed by atoms with Crippen LogP contribution in [0.4, 0.5) is 0 Å². The van der Waals surface area contributed by atoms with Crippen molar-refractivity contribution in [2.24, 2.45) is 5.41 Å². The monoisotopic (exact) mass is 301 g/mol. The number of nitrogens with one attached hydrogen (secondary N) is 1. The fraction of sp³-hybridized carbons (Fsp3) is 0.533. The van der Waals surface area contributed by atoms with Gasteiger partial charge in [0.05, 0.1) is 6.42 Å². The maximum absolute atomic E-state index is 11.9. The van der Waals surface area contributed by atoms with E-state index in [-0.39, 0.29) is 11.3 Å². The molecule has 0 unspecified atom stereocenters. The summed E-state index contributed by atoms with van der Waals surface area (Å²) in [6.07, 6.45) is 2.23. The van der Waals surface area contributed by atoms with E-state index in [1.807, 2.05) is 18.2 Å². The van der Waals surface area contributed by atoms with Crippen molar-refractivity contribution in [1.82, 2.24) is 5.32 Å². The maximum Gasteiger partial charge on any atom is 0.224 e. The van der Waals surface area contributed by atoms with Crippen LogP contribution in [-0.2, 0) is 11.2 Å². The van der Waals surface area contributed by atoms with E-state index in [0.717, 1.165) is 18.4 Å². The van der Waals surface area contributed by atoms with Gasteiger partial charge in [-0.3, -0.25) is 4.79 Å². The summed E-state index contributed by atoms with van der Waals surface area (Å²) in [4.78, 5) is 11.9. The van der Waals surface area contributed by atoms with Gasteiger partial charge in [0.2, 0.25) is 5.91 Å². The van der Waals surface area contributed by atoms with Gasteiger partial charge in [0.25, 0.3) is 0 Å². The molecule has 0 aliphatic carbocycles. The van der Waals surface area contributed by atoms with Crippen molar-refractivity contribution in [2.45, 2.75) is 33.1 Å². The van der Waals surface area contributed by atoms with Gasteiger partial charge in [-0.05, 0) is 24.5 Å². The molecule has 0 bridgehead atoms. The Hall–Kier alpha value is -0.730. The highest BCUT2D eigenvalue weighted by Crippen LogP contribution is 2.27. The number of halogens is 2. The molecule has 0 saturated heterocycles. The zero-order valence-corrected chi connectivity index (χ0v) is 13.0. The zero-order chi connectivity index (χ0) is 14.3. The van der Waals surface area contributed by atoms with E-state index in [2.05, 4.69) is 19.2 Å². The van der Waals surface area contributed by atoms with Crippen LogP contribution >= 0.6 is 23.2 Å². The Labute approximate surface area is 125 Å². The van der Waals surface area contributed by atoms with E-state index in [0.29, 0.717) is 23.9 Å². The van der Waals surface area contributed by atoms with Gasteiger partial charge in [-0.25, -0.2) is 0 Å². The molecule has 0 aliphatic heterocycles. The molecule has 1 rings (SSSR count). The summed E-state index contributed by atoms with van der Waals surface area (Å²) in [6.45, 7) is 4.82. The first-order valence-corrected chi connectivity index (χ1v) is 7.54. The fourth-order valence-electron chi connectivity index (χ4n) is 1.90. The number of hydrogen-bond donors (Lipinski definition) is 1. The largest absolute Gasteiger partial charge is 0.355 e. The number of hydrogen-bond acceptors (Lipinski definition) is 1. The van der Waals surface area contributed by atoms with Crippen LogP contribution in [0.25, 0.3) is 0 Å². The normalized spacial score (nSPS) is 11.4. The van der Waals surface area contributed by atoms with Crippen molar-refractivity contribution in [3.05, 3.63) is 34.9 Å². The van der Waals surface area contributed by atoms with Crippen LogP contribution in [-0.4, -0.2) is 18.3 Å². The molecular weight excluding hydrogens is 281 g/mol. The average molecular weight is 302 g/mol. The first kappa shape index (κ1) is 16.3. The van der Waals surface area contributed by atoms with Crippen LogP contribution in [0.15, 0.2) is 24.3 Å². The van der Waals surface area contributed by atoms with Crippen molar-refractivity contribution in [1.29, 1.82) is 0 Å². The molecule has 0 radical (unpaired) electrons. The first-order chi connectivity index (χ1) is 9.06. The number of carbonyl (C=O) groups is 1. The second-order valence-electron chi connectivity index (χ2n) is 4.89. The first-order valence-electron chi connectivity index (χ1n) is 6.63. The standard InChI is InChI=1S/C15H21Cl2NO/c1-3-15(4-2,10-16)11-18-14(19)9-12-7-5-6-8-13(12)17/h5-8H,3-4,9-11H2,1-2H3,(H,18,19). The lowest BCUT2D eigenvalue weighted by Crippen LogP contribution is -2.38. The molecule has 1 aromatic carbocycles. The third-order valence-corrected chi connectivity index (χ3v) is 4.69. The van der Waals surface area contributed by atoms with Crippen LogP contribution in [0.2, 0.25) is 5.02 Å². The number of carbonyl (C=O) groups excluding carboxylic acids is 1. The highest BCUT2D eigenvalue weighted by molar-refractivity contribution is 6.31. The Kier molecular flexibility index (Phi) is 6.67. The summed E-state index contributed by atoms with van der Waals surface area (Å²) >= 11 is 12.1. The molecule has 0 atom stereocenters. The van der Waals surface area contributed by atoms with Gasteiger partial charge >= 0.3 is 0 Å². The molecule has 2 nitrogen and oxygen atoms in total. The molecule has 0 heterocycles. The zero-order valence-electron chi connectivity index (χ0n) is 11.5. The summed E-state index contributed by atoms with van der Waals surface area (Å²) in [5.41, 5.74) is 0.851. The van der Waals surface area contributed by atoms with E-state index in [4.69, 9.17) is 23.2 Å². The van der Waals surface area contributed by atoms with Crippen molar-refractivity contribution in [2.75, 3.05) is 12.4 Å². The van der Waals surface area contributed by atoms with E-state index >= 15 is 0 Å². The number of rotatable bonds is 7. The smallest absolute Gasteiger partial charge is 0.224 e. The van der Waals surface area contributed by atoms with Crippen molar-refractivity contribution >= 4 is 29.1 Å². The van der Waals surface area contributed by atoms with Crippen molar-refractivity contribution < 1.29 is 4.79 Å². The van der Waals surface area contributed by atoms with Gasteiger partial charge in [0.15, 0.2) is 0 Å². The van der Waals surface area contributed by atoms with Gasteiger partial charge in [0.1, 0.15) is 0 Å². The molecule has 1 amide bonds. The minimum Gasteiger partial charge on any atom is -0.355 e. The van der Waals surface area contributed by atoms with E-state index in [1.54, 1.807) is 6.07 Å². The molecule has 19 heavy (non-hydrogen) atoms. The van der Waals surface area contributed by atoms with Crippen molar-refractivity contribution in [3.63, 3.8) is 0 Å². The van der Waals surface area contributed by atoms with E-state index in [9.17, 15) is 4.79 Å². The van der Waals surface area contributed by atoms with Gasteiger partial charge in [-0.2, -0.15) is 0 Å². The van der Waals surface area contributed by atoms with E-state index in [1.165, 1.54) is 0 Å². The Morgan fingerprint density at radius 2 is 1.89 bits per heavy atom. The summed E-state index contributed by atoms with van der Waals surface area (Å²) in [7, 11) is 0. The number of benzene rings is 1. The van der Waals surface area contributed by atoms with Crippen molar-refractivity contribution in [3.8, 4) is 0 Å². The molecule has 0 spiro atoms. The van der Waals surface area contributed by atoms with Gasteiger partial charge in [-0.15, -0.1) is 11.6 Å². The highest BCUT2D eigenvalue weighted by Gasteiger charge is 2.25. The lowest BCUT2D eigenvalue weighted by molar-refractivity contribution is -0.120. The predicted octanol–water partition coefficient (Wildman–Crippen LogP) is 4.04. The molecule has 1 aromatic rings. The minimum atomic E-state index is -0.00973. The molecule has 1 N–H and O–H groups in total. The highest BCUT2D eigenvalue weighted by atomic mass is 35.5. The maximum atomic E-state index is 11.9. The van der Waals surface area contributed by atoms with Crippen LogP contribution in [0.1, 0.15) is 32.3 Å². The Morgan fingerprint density at radius 3 is 2.42 bits per heavy atom. The average Bonchev–Trinajstić information content (AvgIpc) is 2.44. The summed E-state index contributed by atoms with van der Waals surface area (Å²) in [5.74, 6) is 0.552. The van der Waals surface area contributed by atoms with Gasteiger partial charge < -0.3 is 5.32 Å². The molecule has 0 saturated carbocycles. The Morgan fingerprint density at radius 1 is 1.26 bits per heavy atom. The topological polar surface area (TPSA) is 29.1 Å². The fourth-order valence-corrected chi connectivity index (χ4v) is 2.57. The molecular formula is C15H21Cl2NO. The van der Waals surface area contributed by atoms with Crippen LogP contribution in [0.3, 0.4) is 0 Å². The third kappa shape index (κ3) is 4.70. The van der Waals surface area contributed by atoms with Crippen LogP contribution in [0, 0.1) is 5.41 Å². The lowest BCUT2D eigenvalue weighted by Gasteiger charge is -2.29. The molecule has 4 heteroatoms. The SMILES string of the molecule is CCC(CC)(CCl)CNC(=O)Cc1ccccc1Cl. The van der Waals surface area contributed by atoms with Gasteiger partial charge in [0, 0.05) is 22.9 Å².